The quantitative estimate of drug-likeness (QED) is 0.823. The Morgan fingerprint density at radius 3 is 1.84 bits per heavy atom. The van der Waals surface area contributed by atoms with E-state index in [9.17, 15) is 0 Å². The zero-order valence-corrected chi connectivity index (χ0v) is 12.5. The molecule has 6 nitrogen and oxygen atoms in total. The van der Waals surface area contributed by atoms with E-state index in [-0.39, 0.29) is 0 Å². The van der Waals surface area contributed by atoms with Crippen molar-refractivity contribution in [3.63, 3.8) is 0 Å². The summed E-state index contributed by atoms with van der Waals surface area (Å²) in [6, 6.07) is 1.68. The summed E-state index contributed by atoms with van der Waals surface area (Å²) in [5.74, 6) is 1.74. The van der Waals surface area contributed by atoms with Gasteiger partial charge in [0, 0.05) is 26.2 Å². The molecule has 0 unspecified atom stereocenters. The number of rotatable bonds is 3. The molecular formula is C13H24N4O2. The summed E-state index contributed by atoms with van der Waals surface area (Å²) >= 11 is 0. The van der Waals surface area contributed by atoms with Crippen molar-refractivity contribution in [1.29, 1.82) is 0 Å². The predicted octanol–water partition coefficient (Wildman–Crippen LogP) is 1.27. The van der Waals surface area contributed by atoms with Gasteiger partial charge in [-0.1, -0.05) is 13.8 Å². The number of methoxy groups -OCH3 is 2. The summed E-state index contributed by atoms with van der Waals surface area (Å²) in [6.07, 6.45) is 0. The molecule has 0 radical (unpaired) electrons. The van der Waals surface area contributed by atoms with E-state index < -0.39 is 0 Å². The number of hydrogen-bond donors (Lipinski definition) is 0. The van der Waals surface area contributed by atoms with Crippen molar-refractivity contribution in [2.45, 2.75) is 13.8 Å². The molecule has 0 N–H and O–H groups in total. The second-order valence-electron chi connectivity index (χ2n) is 4.04. The largest absolute Gasteiger partial charge is 0.481 e. The summed E-state index contributed by atoms with van der Waals surface area (Å²) in [7, 11) is 5.30. The standard InChI is InChI=1S/C11H18N4O2.C2H6/c1-14-4-6-15(7-5-14)11-12-9(16-2)8-10(13-11)17-3;1-2/h8H,4-7H2,1-3H3;1-2H3. The molecule has 0 saturated carbocycles. The minimum atomic E-state index is 0.533. The van der Waals surface area contributed by atoms with Gasteiger partial charge < -0.3 is 19.3 Å². The van der Waals surface area contributed by atoms with Crippen molar-refractivity contribution in [3.05, 3.63) is 6.07 Å². The highest BCUT2D eigenvalue weighted by molar-refractivity contribution is 5.37. The van der Waals surface area contributed by atoms with E-state index in [1.54, 1.807) is 20.3 Å². The van der Waals surface area contributed by atoms with Crippen LogP contribution >= 0.6 is 0 Å². The fourth-order valence-corrected chi connectivity index (χ4v) is 1.75. The molecular weight excluding hydrogens is 244 g/mol. The van der Waals surface area contributed by atoms with E-state index in [0.29, 0.717) is 17.7 Å². The maximum Gasteiger partial charge on any atom is 0.232 e. The molecule has 2 heterocycles. The van der Waals surface area contributed by atoms with Gasteiger partial charge in [0.25, 0.3) is 0 Å². The van der Waals surface area contributed by atoms with Gasteiger partial charge in [-0.2, -0.15) is 9.97 Å². The maximum atomic E-state index is 5.14. The first-order chi connectivity index (χ1) is 9.22. The van der Waals surface area contributed by atoms with Gasteiger partial charge in [-0.05, 0) is 7.05 Å². The monoisotopic (exact) mass is 268 g/mol. The van der Waals surface area contributed by atoms with Crippen molar-refractivity contribution in [3.8, 4) is 11.8 Å². The molecule has 1 saturated heterocycles. The van der Waals surface area contributed by atoms with Crippen molar-refractivity contribution in [2.75, 3.05) is 52.3 Å². The summed E-state index contributed by atoms with van der Waals surface area (Å²) < 4.78 is 10.3. The van der Waals surface area contributed by atoms with Crippen molar-refractivity contribution in [1.82, 2.24) is 14.9 Å². The first kappa shape index (κ1) is 15.5. The van der Waals surface area contributed by atoms with Gasteiger partial charge in [-0.25, -0.2) is 0 Å². The topological polar surface area (TPSA) is 50.7 Å². The van der Waals surface area contributed by atoms with Gasteiger partial charge >= 0.3 is 0 Å². The maximum absolute atomic E-state index is 5.14. The zero-order valence-electron chi connectivity index (χ0n) is 12.5. The summed E-state index contributed by atoms with van der Waals surface area (Å²) in [4.78, 5) is 13.1. The van der Waals surface area contributed by atoms with Gasteiger partial charge in [0.1, 0.15) is 0 Å². The van der Waals surface area contributed by atoms with E-state index in [1.165, 1.54) is 0 Å². The van der Waals surface area contributed by atoms with Crippen LogP contribution in [0.15, 0.2) is 6.07 Å². The lowest BCUT2D eigenvalue weighted by Gasteiger charge is -2.32. The number of likely N-dealkylation sites (N-methyl/N-ethyl adjacent to an activating group) is 1. The molecule has 19 heavy (non-hydrogen) atoms. The van der Waals surface area contributed by atoms with Crippen molar-refractivity contribution in [2.24, 2.45) is 0 Å². The van der Waals surface area contributed by atoms with Crippen LogP contribution in [0.5, 0.6) is 11.8 Å². The van der Waals surface area contributed by atoms with Gasteiger partial charge in [-0.15, -0.1) is 0 Å². The third kappa shape index (κ3) is 4.24. The van der Waals surface area contributed by atoms with Crippen molar-refractivity contribution < 1.29 is 9.47 Å². The molecule has 1 fully saturated rings. The molecule has 1 aromatic rings. The average molecular weight is 268 g/mol. The molecule has 1 aliphatic rings. The van der Waals surface area contributed by atoms with Gasteiger partial charge in [0.2, 0.25) is 17.7 Å². The van der Waals surface area contributed by atoms with Gasteiger partial charge in [0.15, 0.2) is 0 Å². The van der Waals surface area contributed by atoms with Crippen molar-refractivity contribution >= 4 is 5.95 Å². The summed E-state index contributed by atoms with van der Waals surface area (Å²) in [5, 5.41) is 0. The highest BCUT2D eigenvalue weighted by Gasteiger charge is 2.18. The molecule has 0 spiro atoms. The Morgan fingerprint density at radius 1 is 0.947 bits per heavy atom. The lowest BCUT2D eigenvalue weighted by Crippen LogP contribution is -2.45. The third-order valence-corrected chi connectivity index (χ3v) is 2.87. The average Bonchev–Trinajstić information content (AvgIpc) is 2.49. The number of aromatic nitrogens is 2. The number of hydrogen-bond acceptors (Lipinski definition) is 6. The predicted molar refractivity (Wildman–Crippen MR) is 76.2 cm³/mol. The molecule has 1 aromatic heterocycles. The summed E-state index contributed by atoms with van der Waals surface area (Å²) in [6.45, 7) is 7.88. The first-order valence-corrected chi connectivity index (χ1v) is 6.63. The highest BCUT2D eigenvalue weighted by atomic mass is 16.5. The van der Waals surface area contributed by atoms with Crippen LogP contribution in [0.2, 0.25) is 0 Å². The summed E-state index contributed by atoms with van der Waals surface area (Å²) in [5.41, 5.74) is 0. The SMILES string of the molecule is CC.COc1cc(OC)nc(N2CCN(C)CC2)n1. The fourth-order valence-electron chi connectivity index (χ4n) is 1.75. The van der Waals surface area contributed by atoms with Gasteiger partial charge in [0.05, 0.1) is 20.3 Å². The molecule has 2 rings (SSSR count). The number of ether oxygens (including phenoxy) is 2. The minimum Gasteiger partial charge on any atom is -0.481 e. The van der Waals surface area contributed by atoms with E-state index >= 15 is 0 Å². The zero-order chi connectivity index (χ0) is 14.3. The highest BCUT2D eigenvalue weighted by Crippen LogP contribution is 2.20. The van der Waals surface area contributed by atoms with Crippen LogP contribution in [0.25, 0.3) is 0 Å². The van der Waals surface area contributed by atoms with Crippen LogP contribution < -0.4 is 14.4 Å². The number of nitrogens with zero attached hydrogens (tertiary/aromatic N) is 4. The lowest BCUT2D eigenvalue weighted by molar-refractivity contribution is 0.309. The molecule has 0 aromatic carbocycles. The molecule has 0 aliphatic carbocycles. The second-order valence-corrected chi connectivity index (χ2v) is 4.04. The Hall–Kier alpha value is -1.56. The minimum absolute atomic E-state index is 0.533. The van der Waals surface area contributed by atoms with Crippen LogP contribution in [-0.2, 0) is 0 Å². The second kappa shape index (κ2) is 7.78. The van der Waals surface area contributed by atoms with E-state index in [0.717, 1.165) is 26.2 Å². The molecule has 108 valence electrons. The normalized spacial score (nSPS) is 15.5. The lowest BCUT2D eigenvalue weighted by atomic mass is 10.3. The Balaban J connectivity index is 0.000000861. The fraction of sp³-hybridized carbons (Fsp3) is 0.692. The smallest absolute Gasteiger partial charge is 0.232 e. The van der Waals surface area contributed by atoms with Crippen LogP contribution in [0.3, 0.4) is 0 Å². The Labute approximate surface area is 115 Å². The van der Waals surface area contributed by atoms with E-state index in [4.69, 9.17) is 9.47 Å². The Bertz CT molecular complexity index is 357. The molecule has 6 heteroatoms. The van der Waals surface area contributed by atoms with Crippen LogP contribution in [0.4, 0.5) is 5.95 Å². The Morgan fingerprint density at radius 2 is 1.42 bits per heavy atom. The molecule has 1 aliphatic heterocycles. The Kier molecular flexibility index (Phi) is 6.35. The molecule has 0 bridgehead atoms. The van der Waals surface area contributed by atoms with Crippen LogP contribution in [0, 0.1) is 0 Å². The first-order valence-electron chi connectivity index (χ1n) is 6.63. The van der Waals surface area contributed by atoms with Crippen LogP contribution in [0.1, 0.15) is 13.8 Å². The number of piperazine rings is 1. The number of anilines is 1. The van der Waals surface area contributed by atoms with Crippen LogP contribution in [-0.4, -0.2) is 62.3 Å². The third-order valence-electron chi connectivity index (χ3n) is 2.87. The van der Waals surface area contributed by atoms with Gasteiger partial charge in [-0.3, -0.25) is 0 Å². The van der Waals surface area contributed by atoms with E-state index in [1.807, 2.05) is 13.8 Å². The molecule has 0 atom stereocenters. The molecule has 0 amide bonds. The van der Waals surface area contributed by atoms with E-state index in [2.05, 4.69) is 26.8 Å².